The smallest absolute Gasteiger partial charge is 0.244 e. The van der Waals surface area contributed by atoms with Gasteiger partial charge in [-0.1, -0.05) is 55.4 Å². The zero-order chi connectivity index (χ0) is 22.2. The van der Waals surface area contributed by atoms with Crippen molar-refractivity contribution < 1.29 is 13.2 Å². The largest absolute Gasteiger partial charge is 0.325 e. The molecule has 1 saturated heterocycles. The second-order valence-corrected chi connectivity index (χ2v) is 11.8. The number of rotatable bonds is 5. The van der Waals surface area contributed by atoms with Crippen LogP contribution in [0.4, 0.5) is 11.4 Å². The molecule has 0 aliphatic carbocycles. The average molecular weight is 458 g/mol. The topological polar surface area (TPSA) is 78.8 Å². The Balaban J connectivity index is 1.57. The number of nitrogens with zero attached hydrogens (tertiary/aromatic N) is 2. The maximum absolute atomic E-state index is 12.8. The number of amides is 1. The van der Waals surface area contributed by atoms with Crippen molar-refractivity contribution in [2.24, 2.45) is 4.99 Å². The molecule has 2 aliphatic heterocycles. The van der Waals surface area contributed by atoms with Crippen molar-refractivity contribution in [3.8, 4) is 0 Å². The summed E-state index contributed by atoms with van der Waals surface area (Å²) in [5, 5.41) is 3.58. The van der Waals surface area contributed by atoms with Gasteiger partial charge in [0.15, 0.2) is 15.0 Å². The van der Waals surface area contributed by atoms with Gasteiger partial charge >= 0.3 is 0 Å². The van der Waals surface area contributed by atoms with Gasteiger partial charge in [-0.15, -0.1) is 0 Å². The summed E-state index contributed by atoms with van der Waals surface area (Å²) in [5.41, 5.74) is 3.96. The maximum atomic E-state index is 12.8. The van der Waals surface area contributed by atoms with Crippen LogP contribution >= 0.6 is 11.8 Å². The monoisotopic (exact) mass is 457 g/mol. The molecule has 164 valence electrons. The fraction of sp³-hybridized carbons (Fsp3) is 0.391. The van der Waals surface area contributed by atoms with Gasteiger partial charge in [-0.25, -0.2) is 8.42 Å². The molecular weight excluding hydrogens is 430 g/mol. The second-order valence-electron chi connectivity index (χ2n) is 8.46. The third kappa shape index (κ3) is 5.13. The van der Waals surface area contributed by atoms with Crippen LogP contribution in [-0.2, 0) is 14.6 Å². The van der Waals surface area contributed by atoms with E-state index in [-0.39, 0.29) is 35.2 Å². The van der Waals surface area contributed by atoms with E-state index in [4.69, 9.17) is 4.99 Å². The Morgan fingerprint density at radius 2 is 1.81 bits per heavy atom. The van der Waals surface area contributed by atoms with E-state index in [1.807, 2.05) is 48.2 Å². The lowest BCUT2D eigenvalue weighted by Gasteiger charge is -2.24. The van der Waals surface area contributed by atoms with Crippen LogP contribution in [0.3, 0.4) is 0 Å². The third-order valence-electron chi connectivity index (χ3n) is 5.54. The lowest BCUT2D eigenvalue weighted by Crippen LogP contribution is -2.36. The summed E-state index contributed by atoms with van der Waals surface area (Å²) in [7, 11) is -3.03. The van der Waals surface area contributed by atoms with Crippen molar-refractivity contribution in [2.75, 3.05) is 28.3 Å². The van der Waals surface area contributed by atoms with Crippen molar-refractivity contribution in [3.05, 3.63) is 59.7 Å². The minimum Gasteiger partial charge on any atom is -0.325 e. The summed E-state index contributed by atoms with van der Waals surface area (Å²) in [6.45, 7) is 6.38. The first-order valence-corrected chi connectivity index (χ1v) is 13.1. The predicted molar refractivity (Wildman–Crippen MR) is 129 cm³/mol. The molecule has 8 heteroatoms. The van der Waals surface area contributed by atoms with Crippen LogP contribution in [-0.4, -0.2) is 48.8 Å². The van der Waals surface area contributed by atoms with Crippen molar-refractivity contribution in [1.29, 1.82) is 0 Å². The number of hydrogen-bond acceptors (Lipinski definition) is 6. The summed E-state index contributed by atoms with van der Waals surface area (Å²) >= 11 is 1.46. The first kappa shape index (κ1) is 21.9. The molecular formula is C23H27N3O3S2. The van der Waals surface area contributed by atoms with Gasteiger partial charge in [-0.2, -0.15) is 0 Å². The minimum atomic E-state index is -3.03. The number of hydrogen-bond donors (Lipinski definition) is 1. The summed E-state index contributed by atoms with van der Waals surface area (Å²) in [6, 6.07) is 15.6. The highest BCUT2D eigenvalue weighted by Crippen LogP contribution is 2.37. The zero-order valence-electron chi connectivity index (χ0n) is 17.9. The molecule has 4 rings (SSSR count). The highest BCUT2D eigenvalue weighted by Gasteiger charge is 2.44. The van der Waals surface area contributed by atoms with E-state index >= 15 is 0 Å². The molecule has 0 aromatic heterocycles. The number of carbonyl (C=O) groups is 1. The molecule has 0 radical (unpaired) electrons. The van der Waals surface area contributed by atoms with Crippen molar-refractivity contribution in [2.45, 2.75) is 38.0 Å². The van der Waals surface area contributed by atoms with E-state index in [1.54, 1.807) is 0 Å². The Bertz CT molecular complexity index is 1090. The first-order chi connectivity index (χ1) is 14.7. The number of aliphatic imine (C=N–C) groups is 1. The van der Waals surface area contributed by atoms with Crippen LogP contribution in [0.2, 0.25) is 0 Å². The standard InChI is InChI=1S/C23H27N3O3S2/c1-15(2)17-6-10-19(11-7-17)26(12-22(27)24-18-8-4-16(3)5-9-18)23-25-20-13-31(28,29)14-21(20)30-23/h4-11,15,20-21H,12-14H2,1-3H3,(H,24,27)/t20-,21+/m0/s1. The number of nitrogens with one attached hydrogen (secondary N) is 1. The number of anilines is 2. The number of amidine groups is 1. The summed E-state index contributed by atoms with van der Waals surface area (Å²) < 4.78 is 23.9. The fourth-order valence-corrected chi connectivity index (χ4v) is 7.54. The zero-order valence-corrected chi connectivity index (χ0v) is 19.5. The summed E-state index contributed by atoms with van der Waals surface area (Å²) in [5.74, 6) is 0.495. The van der Waals surface area contributed by atoms with E-state index in [1.165, 1.54) is 17.3 Å². The highest BCUT2D eigenvalue weighted by atomic mass is 32.2. The molecule has 2 atom stereocenters. The second kappa shape index (κ2) is 8.67. The van der Waals surface area contributed by atoms with Gasteiger partial charge in [0.25, 0.3) is 0 Å². The molecule has 0 saturated carbocycles. The van der Waals surface area contributed by atoms with Gasteiger partial charge in [-0.05, 0) is 42.7 Å². The van der Waals surface area contributed by atoms with Crippen molar-refractivity contribution in [3.63, 3.8) is 0 Å². The van der Waals surface area contributed by atoms with Gasteiger partial charge < -0.3 is 10.2 Å². The van der Waals surface area contributed by atoms with Crippen LogP contribution in [0.15, 0.2) is 53.5 Å². The highest BCUT2D eigenvalue weighted by molar-refractivity contribution is 8.15. The molecule has 2 aromatic rings. The van der Waals surface area contributed by atoms with Crippen LogP contribution in [0.1, 0.15) is 30.9 Å². The van der Waals surface area contributed by atoms with E-state index in [2.05, 4.69) is 31.3 Å². The van der Waals surface area contributed by atoms with E-state index in [0.29, 0.717) is 11.1 Å². The number of thioether (sulfide) groups is 1. The Kier molecular flexibility index (Phi) is 6.12. The molecule has 2 heterocycles. The van der Waals surface area contributed by atoms with E-state index in [0.717, 1.165) is 16.9 Å². The Morgan fingerprint density at radius 3 is 2.42 bits per heavy atom. The van der Waals surface area contributed by atoms with Crippen LogP contribution in [0.25, 0.3) is 0 Å². The van der Waals surface area contributed by atoms with E-state index in [9.17, 15) is 13.2 Å². The third-order valence-corrected chi connectivity index (χ3v) is 8.79. The number of fused-ring (bicyclic) bond motifs is 1. The van der Waals surface area contributed by atoms with Gasteiger partial charge in [0.05, 0.1) is 17.5 Å². The minimum absolute atomic E-state index is 0.0717. The molecule has 0 spiro atoms. The molecule has 0 unspecified atom stereocenters. The molecule has 31 heavy (non-hydrogen) atoms. The fourth-order valence-electron chi connectivity index (χ4n) is 3.76. The van der Waals surface area contributed by atoms with E-state index < -0.39 is 9.84 Å². The van der Waals surface area contributed by atoms with Crippen LogP contribution in [0, 0.1) is 6.92 Å². The van der Waals surface area contributed by atoms with Crippen molar-refractivity contribution in [1.82, 2.24) is 0 Å². The average Bonchev–Trinajstić information content (AvgIpc) is 3.21. The first-order valence-electron chi connectivity index (χ1n) is 10.4. The number of carbonyl (C=O) groups excluding carboxylic acids is 1. The van der Waals surface area contributed by atoms with Gasteiger partial charge in [0.1, 0.15) is 6.54 Å². The lowest BCUT2D eigenvalue weighted by molar-refractivity contribution is -0.114. The molecule has 2 aliphatic rings. The number of sulfone groups is 1. The molecule has 1 fully saturated rings. The Labute approximate surface area is 188 Å². The number of aryl methyl sites for hydroxylation is 1. The Hall–Kier alpha value is -2.32. The lowest BCUT2D eigenvalue weighted by atomic mass is 10.0. The molecule has 2 aromatic carbocycles. The molecule has 0 bridgehead atoms. The quantitative estimate of drug-likeness (QED) is 0.738. The van der Waals surface area contributed by atoms with Gasteiger partial charge in [-0.3, -0.25) is 9.79 Å². The molecule has 1 N–H and O–H groups in total. The predicted octanol–water partition coefficient (Wildman–Crippen LogP) is 3.83. The maximum Gasteiger partial charge on any atom is 0.244 e. The number of benzene rings is 2. The van der Waals surface area contributed by atoms with Crippen LogP contribution in [0.5, 0.6) is 0 Å². The normalized spacial score (nSPS) is 21.6. The molecule has 1 amide bonds. The summed E-state index contributed by atoms with van der Waals surface area (Å²) in [6.07, 6.45) is 0. The van der Waals surface area contributed by atoms with Crippen LogP contribution < -0.4 is 10.2 Å². The summed E-state index contributed by atoms with van der Waals surface area (Å²) in [4.78, 5) is 19.4. The Morgan fingerprint density at radius 1 is 1.13 bits per heavy atom. The van der Waals surface area contributed by atoms with Crippen molar-refractivity contribution >= 4 is 44.0 Å². The van der Waals surface area contributed by atoms with Gasteiger partial charge in [0, 0.05) is 16.6 Å². The van der Waals surface area contributed by atoms with Gasteiger partial charge in [0.2, 0.25) is 5.91 Å². The SMILES string of the molecule is Cc1ccc(NC(=O)CN(C2=N[C@H]3CS(=O)(=O)C[C@H]3S2)c2ccc(C(C)C)cc2)cc1. The molecule has 6 nitrogen and oxygen atoms in total.